The number of nitrogens with one attached hydrogen (secondary N) is 1. The highest BCUT2D eigenvalue weighted by atomic mass is 16.6. The fraction of sp³-hybridized carbons (Fsp3) is 0.727. The van der Waals surface area contributed by atoms with Gasteiger partial charge in [0.1, 0.15) is 5.60 Å². The van der Waals surface area contributed by atoms with Crippen molar-refractivity contribution in [3.63, 3.8) is 0 Å². The van der Waals surface area contributed by atoms with Gasteiger partial charge in [-0.3, -0.25) is 0 Å². The average molecular weight is 199 g/mol. The Morgan fingerprint density at radius 1 is 1.57 bits per heavy atom. The molecule has 0 aliphatic rings. The molecule has 1 unspecified atom stereocenters. The molecule has 14 heavy (non-hydrogen) atoms. The van der Waals surface area contributed by atoms with Crippen LogP contribution in [0.4, 0.5) is 4.79 Å². The van der Waals surface area contributed by atoms with E-state index in [4.69, 9.17) is 4.74 Å². The number of hydrogen-bond acceptors (Lipinski definition) is 2. The van der Waals surface area contributed by atoms with Crippen LogP contribution in [0.15, 0.2) is 12.7 Å². The van der Waals surface area contributed by atoms with Crippen molar-refractivity contribution in [3.05, 3.63) is 12.7 Å². The molecule has 0 aliphatic carbocycles. The van der Waals surface area contributed by atoms with Gasteiger partial charge in [0, 0.05) is 6.04 Å². The zero-order chi connectivity index (χ0) is 11.2. The lowest BCUT2D eigenvalue weighted by Crippen LogP contribution is -2.37. The van der Waals surface area contributed by atoms with Crippen LogP contribution >= 0.6 is 0 Å². The molecule has 0 saturated carbocycles. The van der Waals surface area contributed by atoms with Crippen LogP contribution in [0, 0.1) is 0 Å². The molecule has 0 aliphatic heterocycles. The van der Waals surface area contributed by atoms with Crippen LogP contribution < -0.4 is 5.32 Å². The quantitative estimate of drug-likeness (QED) is 0.707. The molecule has 3 heteroatoms. The molecular weight excluding hydrogens is 178 g/mol. The van der Waals surface area contributed by atoms with Crippen molar-refractivity contribution in [3.8, 4) is 0 Å². The van der Waals surface area contributed by atoms with E-state index in [1.807, 2.05) is 33.8 Å². The summed E-state index contributed by atoms with van der Waals surface area (Å²) in [5.74, 6) is 0. The molecule has 0 aromatic rings. The lowest BCUT2D eigenvalue weighted by molar-refractivity contribution is 0.0506. The summed E-state index contributed by atoms with van der Waals surface area (Å²) < 4.78 is 5.11. The summed E-state index contributed by atoms with van der Waals surface area (Å²) in [6.45, 7) is 11.1. The topological polar surface area (TPSA) is 38.3 Å². The molecular formula is C11H21NO2. The minimum absolute atomic E-state index is 0.128. The second-order valence-corrected chi connectivity index (χ2v) is 4.41. The Hall–Kier alpha value is -0.990. The predicted molar refractivity (Wildman–Crippen MR) is 58.3 cm³/mol. The molecule has 1 atom stereocenters. The van der Waals surface area contributed by atoms with Gasteiger partial charge < -0.3 is 10.1 Å². The maximum atomic E-state index is 11.3. The van der Waals surface area contributed by atoms with Gasteiger partial charge in [-0.2, -0.15) is 0 Å². The van der Waals surface area contributed by atoms with Crippen molar-refractivity contribution in [1.82, 2.24) is 5.32 Å². The summed E-state index contributed by atoms with van der Waals surface area (Å²) in [5, 5.41) is 2.76. The van der Waals surface area contributed by atoms with Crippen LogP contribution in [-0.2, 0) is 4.74 Å². The van der Waals surface area contributed by atoms with Crippen molar-refractivity contribution >= 4 is 6.09 Å². The third-order valence-corrected chi connectivity index (χ3v) is 1.57. The summed E-state index contributed by atoms with van der Waals surface area (Å²) in [7, 11) is 0. The third-order valence-electron chi connectivity index (χ3n) is 1.57. The maximum absolute atomic E-state index is 11.3. The Morgan fingerprint density at radius 2 is 2.14 bits per heavy atom. The number of carbonyl (C=O) groups is 1. The Labute approximate surface area is 86.5 Å². The van der Waals surface area contributed by atoms with E-state index in [0.717, 1.165) is 12.8 Å². The SMILES string of the molecule is C=CCCC(C)NC(=O)OC(C)(C)C. The van der Waals surface area contributed by atoms with Crippen molar-refractivity contribution < 1.29 is 9.53 Å². The Balaban J connectivity index is 3.76. The van der Waals surface area contributed by atoms with Gasteiger partial charge in [0.25, 0.3) is 0 Å². The van der Waals surface area contributed by atoms with Gasteiger partial charge in [-0.25, -0.2) is 4.79 Å². The molecule has 0 spiro atoms. The summed E-state index contributed by atoms with van der Waals surface area (Å²) >= 11 is 0. The van der Waals surface area contributed by atoms with Gasteiger partial charge in [0.2, 0.25) is 0 Å². The summed E-state index contributed by atoms with van der Waals surface area (Å²) in [4.78, 5) is 11.3. The van der Waals surface area contributed by atoms with Gasteiger partial charge in [0.15, 0.2) is 0 Å². The van der Waals surface area contributed by atoms with E-state index in [1.54, 1.807) is 0 Å². The van der Waals surface area contributed by atoms with Crippen LogP contribution in [-0.4, -0.2) is 17.7 Å². The van der Waals surface area contributed by atoms with E-state index in [0.29, 0.717) is 0 Å². The minimum atomic E-state index is -0.428. The zero-order valence-electron chi connectivity index (χ0n) is 9.59. The second kappa shape index (κ2) is 5.68. The second-order valence-electron chi connectivity index (χ2n) is 4.41. The van der Waals surface area contributed by atoms with Crippen LogP contribution in [0.2, 0.25) is 0 Å². The highest BCUT2D eigenvalue weighted by molar-refractivity contribution is 5.67. The van der Waals surface area contributed by atoms with Crippen LogP contribution in [0.1, 0.15) is 40.5 Å². The molecule has 0 radical (unpaired) electrons. The molecule has 3 nitrogen and oxygen atoms in total. The lowest BCUT2D eigenvalue weighted by Gasteiger charge is -2.21. The first kappa shape index (κ1) is 13.0. The normalized spacial score (nSPS) is 13.1. The summed E-state index contributed by atoms with van der Waals surface area (Å²) in [6, 6.07) is 0.128. The van der Waals surface area contributed by atoms with E-state index in [1.165, 1.54) is 0 Å². The van der Waals surface area contributed by atoms with Crippen molar-refractivity contribution in [1.29, 1.82) is 0 Å². The highest BCUT2D eigenvalue weighted by Crippen LogP contribution is 2.07. The molecule has 0 rings (SSSR count). The highest BCUT2D eigenvalue weighted by Gasteiger charge is 2.17. The van der Waals surface area contributed by atoms with Gasteiger partial charge in [-0.1, -0.05) is 6.08 Å². The van der Waals surface area contributed by atoms with E-state index >= 15 is 0 Å². The molecule has 0 fully saturated rings. The maximum Gasteiger partial charge on any atom is 0.407 e. The number of hydrogen-bond donors (Lipinski definition) is 1. The number of alkyl carbamates (subject to hydrolysis) is 1. The number of carbonyl (C=O) groups excluding carboxylic acids is 1. The molecule has 1 amide bonds. The smallest absolute Gasteiger partial charge is 0.407 e. The largest absolute Gasteiger partial charge is 0.444 e. The fourth-order valence-electron chi connectivity index (χ4n) is 0.949. The van der Waals surface area contributed by atoms with Crippen LogP contribution in [0.5, 0.6) is 0 Å². The first-order valence-corrected chi connectivity index (χ1v) is 4.95. The third kappa shape index (κ3) is 7.65. The average Bonchev–Trinajstić information content (AvgIpc) is 1.96. The minimum Gasteiger partial charge on any atom is -0.444 e. The monoisotopic (exact) mass is 199 g/mol. The van der Waals surface area contributed by atoms with Gasteiger partial charge in [-0.05, 0) is 40.5 Å². The molecule has 82 valence electrons. The lowest BCUT2D eigenvalue weighted by atomic mass is 10.2. The number of rotatable bonds is 4. The van der Waals surface area contributed by atoms with E-state index in [9.17, 15) is 4.79 Å². The molecule has 0 saturated heterocycles. The molecule has 1 N–H and O–H groups in total. The van der Waals surface area contributed by atoms with Gasteiger partial charge >= 0.3 is 6.09 Å². The van der Waals surface area contributed by atoms with E-state index in [-0.39, 0.29) is 12.1 Å². The number of amides is 1. The first-order chi connectivity index (χ1) is 6.35. The predicted octanol–water partition coefficient (Wildman–Crippen LogP) is 2.87. The van der Waals surface area contributed by atoms with E-state index < -0.39 is 5.60 Å². The van der Waals surface area contributed by atoms with Crippen molar-refractivity contribution in [2.75, 3.05) is 0 Å². The first-order valence-electron chi connectivity index (χ1n) is 4.95. The molecule has 0 bridgehead atoms. The molecule has 0 aromatic carbocycles. The molecule has 0 heterocycles. The Bertz CT molecular complexity index is 194. The molecule has 0 aromatic heterocycles. The zero-order valence-corrected chi connectivity index (χ0v) is 9.59. The van der Waals surface area contributed by atoms with Gasteiger partial charge in [-0.15, -0.1) is 6.58 Å². The van der Waals surface area contributed by atoms with Crippen LogP contribution in [0.25, 0.3) is 0 Å². The standard InChI is InChI=1S/C11H21NO2/c1-6-7-8-9(2)12-10(13)14-11(3,4)5/h6,9H,1,7-8H2,2-5H3,(H,12,13). The van der Waals surface area contributed by atoms with Crippen molar-refractivity contribution in [2.45, 2.75) is 52.2 Å². The van der Waals surface area contributed by atoms with E-state index in [2.05, 4.69) is 11.9 Å². The van der Waals surface area contributed by atoms with Crippen LogP contribution in [0.3, 0.4) is 0 Å². The Morgan fingerprint density at radius 3 is 2.57 bits per heavy atom. The van der Waals surface area contributed by atoms with Crippen molar-refractivity contribution in [2.24, 2.45) is 0 Å². The fourth-order valence-corrected chi connectivity index (χ4v) is 0.949. The summed E-state index contributed by atoms with van der Waals surface area (Å²) in [6.07, 6.45) is 3.28. The van der Waals surface area contributed by atoms with Gasteiger partial charge in [0.05, 0.1) is 0 Å². The number of allylic oxidation sites excluding steroid dienone is 1. The Kier molecular flexibility index (Phi) is 5.28. The summed E-state index contributed by atoms with van der Waals surface area (Å²) in [5.41, 5.74) is -0.428. The number of ether oxygens (including phenoxy) is 1.